The minimum Gasteiger partial charge on any atom is -0.478 e. The maximum atomic E-state index is 12.2. The molecule has 0 saturated heterocycles. The summed E-state index contributed by atoms with van der Waals surface area (Å²) in [6.45, 7) is 0. The first-order valence-corrected chi connectivity index (χ1v) is 7.63. The Labute approximate surface area is 123 Å². The van der Waals surface area contributed by atoms with E-state index in [0.29, 0.717) is 10.2 Å². The van der Waals surface area contributed by atoms with Crippen molar-refractivity contribution in [1.29, 1.82) is 0 Å². The van der Waals surface area contributed by atoms with Crippen LogP contribution in [-0.2, 0) is 10.0 Å². The van der Waals surface area contributed by atoms with E-state index in [2.05, 4.69) is 25.6 Å². The van der Waals surface area contributed by atoms with Crippen LogP contribution in [0.3, 0.4) is 0 Å². The van der Waals surface area contributed by atoms with E-state index in [0.717, 1.165) is 6.07 Å². The molecule has 104 valence electrons. The Balaban J connectivity index is 2.42. The number of aromatic carboxylic acids is 1. The maximum Gasteiger partial charge on any atom is 0.335 e. The molecule has 0 aliphatic carbocycles. The van der Waals surface area contributed by atoms with E-state index in [4.69, 9.17) is 5.11 Å². The van der Waals surface area contributed by atoms with E-state index in [1.54, 1.807) is 0 Å². The molecule has 2 N–H and O–H groups in total. The minimum atomic E-state index is -3.86. The van der Waals surface area contributed by atoms with Crippen molar-refractivity contribution in [2.75, 3.05) is 4.72 Å². The molecular formula is C12H9BrN2O4S. The van der Waals surface area contributed by atoms with Gasteiger partial charge in [-0.1, -0.05) is 15.9 Å². The first-order chi connectivity index (χ1) is 9.38. The Morgan fingerprint density at radius 2 is 1.85 bits per heavy atom. The summed E-state index contributed by atoms with van der Waals surface area (Å²) in [4.78, 5) is 14.6. The summed E-state index contributed by atoms with van der Waals surface area (Å²) in [6, 6.07) is 6.74. The molecule has 6 nitrogen and oxygen atoms in total. The summed E-state index contributed by atoms with van der Waals surface area (Å²) in [6.07, 6.45) is 2.89. The number of sulfonamides is 1. The summed E-state index contributed by atoms with van der Waals surface area (Å²) in [5.74, 6) is -1.20. The standard InChI is InChI=1S/C12H9BrN2O4S/c13-9-5-8(12(16)17)6-11(7-9)20(18,19)15-10-1-3-14-4-2-10/h1-7H,(H,14,15)(H,16,17). The first kappa shape index (κ1) is 14.5. The van der Waals surface area contributed by atoms with Gasteiger partial charge in [0.25, 0.3) is 10.0 Å². The number of pyridine rings is 1. The average Bonchev–Trinajstić information content (AvgIpc) is 2.38. The Morgan fingerprint density at radius 1 is 1.20 bits per heavy atom. The minimum absolute atomic E-state index is 0.116. The molecule has 1 aromatic carbocycles. The highest BCUT2D eigenvalue weighted by Gasteiger charge is 2.17. The lowest BCUT2D eigenvalue weighted by Crippen LogP contribution is -2.14. The van der Waals surface area contributed by atoms with E-state index >= 15 is 0 Å². The molecule has 0 saturated carbocycles. The normalized spacial score (nSPS) is 11.1. The van der Waals surface area contributed by atoms with Crippen LogP contribution in [0.25, 0.3) is 0 Å². The van der Waals surface area contributed by atoms with Crippen LogP contribution in [0, 0.1) is 0 Å². The topological polar surface area (TPSA) is 96.4 Å². The molecule has 0 spiro atoms. The summed E-state index contributed by atoms with van der Waals surface area (Å²) in [7, 11) is -3.86. The molecule has 0 bridgehead atoms. The van der Waals surface area contributed by atoms with Crippen LogP contribution in [0.2, 0.25) is 0 Å². The Morgan fingerprint density at radius 3 is 2.45 bits per heavy atom. The third-order valence-electron chi connectivity index (χ3n) is 2.36. The van der Waals surface area contributed by atoms with Crippen molar-refractivity contribution < 1.29 is 18.3 Å². The summed E-state index contributed by atoms with van der Waals surface area (Å²) >= 11 is 3.09. The van der Waals surface area contributed by atoms with Gasteiger partial charge in [0.2, 0.25) is 0 Å². The van der Waals surface area contributed by atoms with Gasteiger partial charge < -0.3 is 5.11 Å². The van der Waals surface area contributed by atoms with Crippen molar-refractivity contribution in [3.63, 3.8) is 0 Å². The number of aromatic nitrogens is 1. The van der Waals surface area contributed by atoms with Crippen molar-refractivity contribution >= 4 is 37.6 Å². The molecule has 1 heterocycles. The van der Waals surface area contributed by atoms with Crippen molar-refractivity contribution in [2.24, 2.45) is 0 Å². The monoisotopic (exact) mass is 356 g/mol. The highest BCUT2D eigenvalue weighted by Crippen LogP contribution is 2.21. The van der Waals surface area contributed by atoms with Gasteiger partial charge in [-0.05, 0) is 30.3 Å². The van der Waals surface area contributed by atoms with E-state index in [-0.39, 0.29) is 10.5 Å². The molecule has 20 heavy (non-hydrogen) atoms. The highest BCUT2D eigenvalue weighted by atomic mass is 79.9. The van der Waals surface area contributed by atoms with Gasteiger partial charge in [0.15, 0.2) is 0 Å². The Hall–Kier alpha value is -1.93. The lowest BCUT2D eigenvalue weighted by molar-refractivity contribution is 0.0696. The zero-order chi connectivity index (χ0) is 14.8. The van der Waals surface area contributed by atoms with Crippen LogP contribution in [0.5, 0.6) is 0 Å². The fourth-order valence-electron chi connectivity index (χ4n) is 1.48. The molecule has 8 heteroatoms. The first-order valence-electron chi connectivity index (χ1n) is 5.35. The third-order valence-corrected chi connectivity index (χ3v) is 4.18. The van der Waals surface area contributed by atoms with Crippen molar-refractivity contribution in [3.8, 4) is 0 Å². The molecule has 0 atom stereocenters. The van der Waals surface area contributed by atoms with Crippen LogP contribution < -0.4 is 4.72 Å². The molecular weight excluding hydrogens is 348 g/mol. The number of halogens is 1. The SMILES string of the molecule is O=C(O)c1cc(Br)cc(S(=O)(=O)Nc2ccncc2)c1. The number of carboxylic acid groups (broad SMARTS) is 1. The summed E-state index contributed by atoms with van der Waals surface area (Å²) < 4.78 is 27.1. The predicted octanol–water partition coefficient (Wildman–Crippen LogP) is 2.34. The predicted molar refractivity (Wildman–Crippen MR) is 76.1 cm³/mol. The largest absolute Gasteiger partial charge is 0.478 e. The second-order valence-electron chi connectivity index (χ2n) is 3.82. The summed E-state index contributed by atoms with van der Waals surface area (Å²) in [5, 5.41) is 8.94. The van der Waals surface area contributed by atoms with Crippen LogP contribution in [-0.4, -0.2) is 24.5 Å². The van der Waals surface area contributed by atoms with Crippen LogP contribution >= 0.6 is 15.9 Å². The second-order valence-corrected chi connectivity index (χ2v) is 6.42. The smallest absolute Gasteiger partial charge is 0.335 e. The number of hydrogen-bond donors (Lipinski definition) is 2. The van der Waals surface area contributed by atoms with E-state index < -0.39 is 16.0 Å². The number of rotatable bonds is 4. The van der Waals surface area contributed by atoms with Crippen molar-refractivity contribution in [2.45, 2.75) is 4.90 Å². The van der Waals surface area contributed by atoms with Crippen LogP contribution in [0.4, 0.5) is 5.69 Å². The van der Waals surface area contributed by atoms with Crippen LogP contribution in [0.1, 0.15) is 10.4 Å². The molecule has 0 aliphatic rings. The zero-order valence-corrected chi connectivity index (χ0v) is 12.3. The quantitative estimate of drug-likeness (QED) is 0.876. The molecule has 1 aromatic heterocycles. The molecule has 0 fully saturated rings. The molecule has 2 aromatic rings. The van der Waals surface area contributed by atoms with E-state index in [1.165, 1.54) is 36.7 Å². The maximum absolute atomic E-state index is 12.2. The van der Waals surface area contributed by atoms with Gasteiger partial charge in [-0.2, -0.15) is 0 Å². The molecule has 0 unspecified atom stereocenters. The molecule has 0 radical (unpaired) electrons. The fourth-order valence-corrected chi connectivity index (χ4v) is 3.25. The number of carbonyl (C=O) groups is 1. The van der Waals surface area contributed by atoms with Crippen molar-refractivity contribution in [3.05, 3.63) is 52.8 Å². The lowest BCUT2D eigenvalue weighted by atomic mass is 10.2. The van der Waals surface area contributed by atoms with Gasteiger partial charge in [0.05, 0.1) is 16.1 Å². The Bertz CT molecular complexity index is 747. The van der Waals surface area contributed by atoms with Gasteiger partial charge in [0.1, 0.15) is 0 Å². The lowest BCUT2D eigenvalue weighted by Gasteiger charge is -2.09. The molecule has 2 rings (SSSR count). The number of nitrogens with one attached hydrogen (secondary N) is 1. The van der Waals surface area contributed by atoms with Gasteiger partial charge in [-0.25, -0.2) is 13.2 Å². The fraction of sp³-hybridized carbons (Fsp3) is 0. The number of carboxylic acids is 1. The highest BCUT2D eigenvalue weighted by molar-refractivity contribution is 9.10. The molecule has 0 amide bonds. The zero-order valence-electron chi connectivity index (χ0n) is 9.95. The number of nitrogens with zero attached hydrogens (tertiary/aromatic N) is 1. The second kappa shape index (κ2) is 5.59. The number of hydrogen-bond acceptors (Lipinski definition) is 4. The molecule has 0 aliphatic heterocycles. The van der Waals surface area contributed by atoms with Gasteiger partial charge in [-0.15, -0.1) is 0 Å². The van der Waals surface area contributed by atoms with E-state index in [1.807, 2.05) is 0 Å². The van der Waals surface area contributed by atoms with Crippen LogP contribution in [0.15, 0.2) is 52.1 Å². The van der Waals surface area contributed by atoms with Gasteiger partial charge >= 0.3 is 5.97 Å². The average molecular weight is 357 g/mol. The van der Waals surface area contributed by atoms with E-state index in [9.17, 15) is 13.2 Å². The number of benzene rings is 1. The Kier molecular flexibility index (Phi) is 4.05. The van der Waals surface area contributed by atoms with Crippen molar-refractivity contribution in [1.82, 2.24) is 4.98 Å². The van der Waals surface area contributed by atoms with Gasteiger partial charge in [0, 0.05) is 16.9 Å². The van der Waals surface area contributed by atoms with Gasteiger partial charge in [-0.3, -0.25) is 9.71 Å². The summed E-state index contributed by atoms with van der Waals surface area (Å²) in [5.41, 5.74) is 0.228. The number of anilines is 1. The third kappa shape index (κ3) is 3.34.